The van der Waals surface area contributed by atoms with Crippen molar-refractivity contribution in [3.05, 3.63) is 58.1 Å². The Bertz CT molecular complexity index is 777. The van der Waals surface area contributed by atoms with Gasteiger partial charge in [-0.25, -0.2) is 0 Å². The smallest absolute Gasteiger partial charge is 0.269 e. The summed E-state index contributed by atoms with van der Waals surface area (Å²) < 4.78 is 5.58. The first kappa shape index (κ1) is 19.4. The van der Waals surface area contributed by atoms with E-state index in [1.54, 1.807) is 18.2 Å². The lowest BCUT2D eigenvalue weighted by Gasteiger charge is -2.14. The number of ketones is 1. The summed E-state index contributed by atoms with van der Waals surface area (Å²) in [5.41, 5.74) is 11.7. The molecule has 1 atom stereocenters. The SMILES string of the molecule is NCCCC(=O)[C@@H](N)Cc1cccc(Oc2ccc([N+](=O)[O-])cc2)c1O. The van der Waals surface area contributed by atoms with E-state index in [1.807, 2.05) is 0 Å². The molecular weight excluding hydrogens is 338 g/mol. The molecule has 138 valence electrons. The van der Waals surface area contributed by atoms with Crippen molar-refractivity contribution in [1.82, 2.24) is 0 Å². The summed E-state index contributed by atoms with van der Waals surface area (Å²) in [5, 5.41) is 21.1. The van der Waals surface area contributed by atoms with Crippen LogP contribution in [0.3, 0.4) is 0 Å². The van der Waals surface area contributed by atoms with Gasteiger partial charge in [-0.1, -0.05) is 12.1 Å². The maximum absolute atomic E-state index is 11.9. The van der Waals surface area contributed by atoms with Gasteiger partial charge in [-0.05, 0) is 43.1 Å². The molecule has 2 aromatic rings. The number of aromatic hydroxyl groups is 1. The zero-order valence-corrected chi connectivity index (χ0v) is 14.1. The molecule has 0 amide bonds. The lowest BCUT2D eigenvalue weighted by molar-refractivity contribution is -0.384. The van der Waals surface area contributed by atoms with E-state index in [0.29, 0.717) is 30.7 Å². The third kappa shape index (κ3) is 5.01. The van der Waals surface area contributed by atoms with Crippen LogP contribution in [0.25, 0.3) is 0 Å². The number of Topliss-reactive ketones (excluding diaryl/α,β-unsaturated/α-hetero) is 1. The highest BCUT2D eigenvalue weighted by Gasteiger charge is 2.17. The Hall–Kier alpha value is -2.97. The van der Waals surface area contributed by atoms with Gasteiger partial charge < -0.3 is 21.3 Å². The van der Waals surface area contributed by atoms with Crippen LogP contribution in [0, 0.1) is 10.1 Å². The molecule has 0 saturated heterocycles. The zero-order chi connectivity index (χ0) is 19.1. The molecule has 0 aliphatic rings. The van der Waals surface area contributed by atoms with Crippen LogP contribution >= 0.6 is 0 Å². The Balaban J connectivity index is 2.10. The van der Waals surface area contributed by atoms with Crippen LogP contribution in [0.2, 0.25) is 0 Å². The molecule has 2 rings (SSSR count). The maximum Gasteiger partial charge on any atom is 0.269 e. The number of hydrogen-bond acceptors (Lipinski definition) is 7. The molecule has 0 unspecified atom stereocenters. The van der Waals surface area contributed by atoms with Crippen molar-refractivity contribution in [2.45, 2.75) is 25.3 Å². The molecule has 8 heteroatoms. The average Bonchev–Trinajstić information content (AvgIpc) is 2.63. The van der Waals surface area contributed by atoms with Crippen LogP contribution in [0.15, 0.2) is 42.5 Å². The van der Waals surface area contributed by atoms with Crippen molar-refractivity contribution in [3.8, 4) is 17.2 Å². The van der Waals surface area contributed by atoms with Crippen molar-refractivity contribution in [2.75, 3.05) is 6.54 Å². The van der Waals surface area contributed by atoms with Gasteiger partial charge in [-0.15, -0.1) is 0 Å². The first-order valence-electron chi connectivity index (χ1n) is 8.14. The number of carbonyl (C=O) groups excluding carboxylic acids is 1. The number of phenols is 1. The molecule has 0 heterocycles. The summed E-state index contributed by atoms with van der Waals surface area (Å²) in [4.78, 5) is 22.1. The van der Waals surface area contributed by atoms with Crippen molar-refractivity contribution >= 4 is 11.5 Å². The van der Waals surface area contributed by atoms with Crippen LogP contribution in [0.4, 0.5) is 5.69 Å². The Kier molecular flexibility index (Phi) is 6.65. The van der Waals surface area contributed by atoms with Crippen LogP contribution in [-0.2, 0) is 11.2 Å². The highest BCUT2D eigenvalue weighted by Crippen LogP contribution is 2.34. The molecule has 0 fully saturated rings. The third-order valence-electron chi connectivity index (χ3n) is 3.84. The fourth-order valence-corrected chi connectivity index (χ4v) is 2.39. The molecule has 0 radical (unpaired) electrons. The predicted octanol–water partition coefficient (Wildman–Crippen LogP) is 2.27. The normalized spacial score (nSPS) is 11.8. The van der Waals surface area contributed by atoms with Gasteiger partial charge in [0.2, 0.25) is 0 Å². The summed E-state index contributed by atoms with van der Waals surface area (Å²) >= 11 is 0. The lowest BCUT2D eigenvalue weighted by atomic mass is 9.99. The molecule has 0 aliphatic heterocycles. The quantitative estimate of drug-likeness (QED) is 0.460. The monoisotopic (exact) mass is 359 g/mol. The molecule has 0 bridgehead atoms. The lowest BCUT2D eigenvalue weighted by Crippen LogP contribution is -2.32. The Morgan fingerprint density at radius 3 is 2.54 bits per heavy atom. The Morgan fingerprint density at radius 1 is 1.23 bits per heavy atom. The maximum atomic E-state index is 11.9. The van der Waals surface area contributed by atoms with Crippen LogP contribution in [0.1, 0.15) is 18.4 Å². The summed E-state index contributed by atoms with van der Waals surface area (Å²) in [6.07, 6.45) is 1.05. The summed E-state index contributed by atoms with van der Waals surface area (Å²) in [7, 11) is 0. The first-order chi connectivity index (χ1) is 12.4. The fraction of sp³-hybridized carbons (Fsp3) is 0.278. The number of ether oxygens (including phenoxy) is 1. The zero-order valence-electron chi connectivity index (χ0n) is 14.1. The number of nitrogens with two attached hydrogens (primary N) is 2. The number of carbonyl (C=O) groups is 1. The van der Waals surface area contributed by atoms with Gasteiger partial charge in [0.15, 0.2) is 11.5 Å². The van der Waals surface area contributed by atoms with E-state index in [0.717, 1.165) is 0 Å². The van der Waals surface area contributed by atoms with E-state index in [9.17, 15) is 20.0 Å². The van der Waals surface area contributed by atoms with E-state index in [4.69, 9.17) is 16.2 Å². The summed E-state index contributed by atoms with van der Waals surface area (Å²) in [6.45, 7) is 0.419. The van der Waals surface area contributed by atoms with Gasteiger partial charge in [0.25, 0.3) is 5.69 Å². The molecular formula is C18H21N3O5. The summed E-state index contributed by atoms with van der Waals surface area (Å²) in [6, 6.07) is 9.65. The van der Waals surface area contributed by atoms with Gasteiger partial charge in [0, 0.05) is 18.6 Å². The molecule has 0 aliphatic carbocycles. The molecule has 0 spiro atoms. The van der Waals surface area contributed by atoms with Crippen LogP contribution in [-0.4, -0.2) is 28.4 Å². The minimum atomic E-state index is -0.734. The highest BCUT2D eigenvalue weighted by molar-refractivity contribution is 5.84. The third-order valence-corrected chi connectivity index (χ3v) is 3.84. The van der Waals surface area contributed by atoms with E-state index in [1.165, 1.54) is 24.3 Å². The number of nitro benzene ring substituents is 1. The van der Waals surface area contributed by atoms with Crippen molar-refractivity contribution in [2.24, 2.45) is 11.5 Å². The number of nitrogens with zero attached hydrogens (tertiary/aromatic N) is 1. The number of rotatable bonds is 9. The average molecular weight is 359 g/mol. The number of benzene rings is 2. The molecule has 26 heavy (non-hydrogen) atoms. The number of nitro groups is 1. The van der Waals surface area contributed by atoms with E-state index < -0.39 is 11.0 Å². The van der Waals surface area contributed by atoms with Gasteiger partial charge >= 0.3 is 0 Å². The predicted molar refractivity (Wildman–Crippen MR) is 96.3 cm³/mol. The number of hydrogen-bond donors (Lipinski definition) is 3. The van der Waals surface area contributed by atoms with Crippen molar-refractivity contribution in [1.29, 1.82) is 0 Å². The largest absolute Gasteiger partial charge is 0.504 e. The number of para-hydroxylation sites is 1. The van der Waals surface area contributed by atoms with Crippen molar-refractivity contribution in [3.63, 3.8) is 0 Å². The van der Waals surface area contributed by atoms with Crippen LogP contribution in [0.5, 0.6) is 17.2 Å². The van der Waals surface area contributed by atoms with Gasteiger partial charge in [-0.2, -0.15) is 0 Å². The molecule has 0 aromatic heterocycles. The fourth-order valence-electron chi connectivity index (χ4n) is 2.39. The van der Waals surface area contributed by atoms with E-state index in [2.05, 4.69) is 0 Å². The second kappa shape index (κ2) is 8.93. The van der Waals surface area contributed by atoms with Gasteiger partial charge in [0.1, 0.15) is 11.5 Å². The Morgan fingerprint density at radius 2 is 1.92 bits per heavy atom. The van der Waals surface area contributed by atoms with E-state index in [-0.39, 0.29) is 29.4 Å². The number of non-ortho nitro benzene ring substituents is 1. The highest BCUT2D eigenvalue weighted by atomic mass is 16.6. The minimum absolute atomic E-state index is 0.0581. The molecule has 0 saturated carbocycles. The molecule has 2 aromatic carbocycles. The second-order valence-corrected chi connectivity index (χ2v) is 5.79. The topological polar surface area (TPSA) is 142 Å². The number of phenolic OH excluding ortho intramolecular Hbond substituents is 1. The van der Waals surface area contributed by atoms with Crippen molar-refractivity contribution < 1.29 is 19.6 Å². The Labute approximate surface area is 150 Å². The van der Waals surface area contributed by atoms with E-state index >= 15 is 0 Å². The first-order valence-corrected chi connectivity index (χ1v) is 8.14. The molecule has 8 nitrogen and oxygen atoms in total. The molecule has 5 N–H and O–H groups in total. The van der Waals surface area contributed by atoms with Gasteiger partial charge in [-0.3, -0.25) is 14.9 Å². The second-order valence-electron chi connectivity index (χ2n) is 5.79. The van der Waals surface area contributed by atoms with Crippen LogP contribution < -0.4 is 16.2 Å². The minimum Gasteiger partial charge on any atom is -0.504 e. The summed E-state index contributed by atoms with van der Waals surface area (Å²) in [5.74, 6) is 0.286. The standard InChI is InChI=1S/C18H21N3O5/c19-10-2-4-16(22)15(20)11-12-3-1-5-17(18(12)23)26-14-8-6-13(7-9-14)21(24)25/h1,3,5-9,15,23H,2,4,10-11,19-20H2/t15-/m0/s1. The van der Waals surface area contributed by atoms with Gasteiger partial charge in [0.05, 0.1) is 11.0 Å².